The summed E-state index contributed by atoms with van der Waals surface area (Å²) in [6, 6.07) is 34.7. The van der Waals surface area contributed by atoms with Crippen molar-refractivity contribution in [2.75, 3.05) is 19.5 Å². The molecule has 0 atom stereocenters. The molecule has 5 aromatic rings. The number of nitrogens with one attached hydrogen (secondary N) is 1. The molecule has 0 spiro atoms. The Morgan fingerprint density at radius 1 is 0.763 bits per heavy atom. The van der Waals surface area contributed by atoms with Crippen molar-refractivity contribution in [3.63, 3.8) is 0 Å². The molecule has 38 heavy (non-hydrogen) atoms. The predicted molar refractivity (Wildman–Crippen MR) is 151 cm³/mol. The number of para-hydroxylation sites is 2. The van der Waals surface area contributed by atoms with Crippen LogP contribution in [0.2, 0.25) is 0 Å². The monoisotopic (exact) mass is 500 g/mol. The van der Waals surface area contributed by atoms with Crippen LogP contribution in [0, 0.1) is 11.3 Å². The fraction of sp³-hybridized carbons (Fsp3) is 0.121. The first-order chi connectivity index (χ1) is 18.7. The molecule has 0 bridgehead atoms. The van der Waals surface area contributed by atoms with Crippen molar-refractivity contribution in [2.45, 2.75) is 12.8 Å². The summed E-state index contributed by atoms with van der Waals surface area (Å²) in [5, 5.41) is 14.8. The van der Waals surface area contributed by atoms with Crippen molar-refractivity contribution in [1.82, 2.24) is 0 Å². The minimum absolute atomic E-state index is 0.494. The molecule has 1 heterocycles. The second-order valence-electron chi connectivity index (χ2n) is 8.90. The summed E-state index contributed by atoms with van der Waals surface area (Å²) in [5.41, 5.74) is 7.34. The Morgan fingerprint density at radius 2 is 1.47 bits per heavy atom. The Labute approximate surface area is 222 Å². The van der Waals surface area contributed by atoms with E-state index in [1.54, 1.807) is 20.5 Å². The molecule has 0 radical (unpaired) electrons. The maximum atomic E-state index is 10.3. The number of furan rings is 1. The van der Waals surface area contributed by atoms with E-state index < -0.39 is 0 Å². The summed E-state index contributed by atoms with van der Waals surface area (Å²) in [7, 11) is 3.27. The molecule has 0 fully saturated rings. The number of hydrogen-bond donors (Lipinski definition) is 1. The average Bonchev–Trinajstić information content (AvgIpc) is 3.47. The molecule has 0 saturated carbocycles. The van der Waals surface area contributed by atoms with Crippen molar-refractivity contribution >= 4 is 16.7 Å². The van der Waals surface area contributed by atoms with E-state index in [0.717, 1.165) is 39.0 Å². The molecule has 4 aromatic carbocycles. The van der Waals surface area contributed by atoms with Gasteiger partial charge in [0.25, 0.3) is 0 Å². The van der Waals surface area contributed by atoms with Crippen LogP contribution >= 0.6 is 0 Å². The van der Waals surface area contributed by atoms with E-state index in [-0.39, 0.29) is 0 Å². The third-order valence-electron chi connectivity index (χ3n) is 6.59. The van der Waals surface area contributed by atoms with Crippen molar-refractivity contribution in [1.29, 1.82) is 5.26 Å². The Kier molecular flexibility index (Phi) is 7.42. The quantitative estimate of drug-likeness (QED) is 0.209. The highest BCUT2D eigenvalue weighted by Crippen LogP contribution is 2.33. The van der Waals surface area contributed by atoms with Gasteiger partial charge in [-0.05, 0) is 46.5 Å². The van der Waals surface area contributed by atoms with E-state index in [2.05, 4.69) is 47.8 Å². The van der Waals surface area contributed by atoms with Gasteiger partial charge in [-0.3, -0.25) is 0 Å². The third kappa shape index (κ3) is 5.25. The molecule has 5 nitrogen and oxygen atoms in total. The molecule has 1 aromatic heterocycles. The molecule has 5 heteroatoms. The molecule has 1 N–H and O–H groups in total. The largest absolute Gasteiger partial charge is 0.495 e. The smallest absolute Gasteiger partial charge is 0.175 e. The van der Waals surface area contributed by atoms with Crippen LogP contribution in [0.1, 0.15) is 11.1 Å². The number of hydrogen-bond acceptors (Lipinski definition) is 5. The highest BCUT2D eigenvalue weighted by Gasteiger charge is 2.16. The van der Waals surface area contributed by atoms with Gasteiger partial charge >= 0.3 is 0 Å². The second kappa shape index (κ2) is 11.4. The number of methoxy groups -OCH3 is 2. The minimum atomic E-state index is 0.494. The van der Waals surface area contributed by atoms with E-state index >= 15 is 0 Å². The fourth-order valence-corrected chi connectivity index (χ4v) is 4.60. The number of nitriles is 1. The lowest BCUT2D eigenvalue weighted by atomic mass is 9.97. The van der Waals surface area contributed by atoms with Crippen molar-refractivity contribution in [3.8, 4) is 28.7 Å². The van der Waals surface area contributed by atoms with Gasteiger partial charge in [0.15, 0.2) is 11.3 Å². The SMILES string of the molecule is COc1ccccc1NC(Cc1ccc(OC)c2occc12)=C(C#N)Cc1ccc(-c2ccccc2)cc1. The molecule has 0 amide bonds. The van der Waals surface area contributed by atoms with Crippen LogP contribution in [0.5, 0.6) is 11.5 Å². The minimum Gasteiger partial charge on any atom is -0.495 e. The van der Waals surface area contributed by atoms with Crippen molar-refractivity contribution in [3.05, 3.63) is 126 Å². The Hall–Kier alpha value is -4.95. The summed E-state index contributed by atoms with van der Waals surface area (Å²) < 4.78 is 16.7. The number of rotatable bonds is 9. The van der Waals surface area contributed by atoms with Gasteiger partial charge in [-0.1, -0.05) is 72.8 Å². The molecule has 0 aliphatic rings. The Balaban J connectivity index is 1.52. The lowest BCUT2D eigenvalue weighted by Crippen LogP contribution is -2.09. The number of allylic oxidation sites excluding steroid dienone is 2. The second-order valence-corrected chi connectivity index (χ2v) is 8.90. The van der Waals surface area contributed by atoms with E-state index in [4.69, 9.17) is 13.9 Å². The summed E-state index contributed by atoms with van der Waals surface area (Å²) in [6.45, 7) is 0. The van der Waals surface area contributed by atoms with Crippen LogP contribution in [0.4, 0.5) is 5.69 Å². The average molecular weight is 501 g/mol. The zero-order valence-electron chi connectivity index (χ0n) is 21.4. The third-order valence-corrected chi connectivity index (χ3v) is 6.59. The molecule has 0 aliphatic carbocycles. The fourth-order valence-electron chi connectivity index (χ4n) is 4.60. The summed E-state index contributed by atoms with van der Waals surface area (Å²) in [4.78, 5) is 0. The zero-order valence-corrected chi connectivity index (χ0v) is 21.4. The maximum Gasteiger partial charge on any atom is 0.175 e. The lowest BCUT2D eigenvalue weighted by molar-refractivity contribution is 0.410. The van der Waals surface area contributed by atoms with Gasteiger partial charge in [-0.25, -0.2) is 0 Å². The van der Waals surface area contributed by atoms with Gasteiger partial charge in [-0.15, -0.1) is 0 Å². The standard InChI is InChI=1S/C33H28N2O3/c1-36-31-11-7-6-10-29(31)35-30(21-26-16-17-32(37-2)33-28(26)18-19-38-33)27(22-34)20-23-12-14-25(15-13-23)24-8-4-3-5-9-24/h3-19,35H,20-21H2,1-2H3. The van der Waals surface area contributed by atoms with Gasteiger partial charge < -0.3 is 19.2 Å². The number of anilines is 1. The Bertz CT molecular complexity index is 1610. The first kappa shape index (κ1) is 24.7. The molecule has 0 unspecified atom stereocenters. The summed E-state index contributed by atoms with van der Waals surface area (Å²) >= 11 is 0. The number of benzene rings is 4. The van der Waals surface area contributed by atoms with E-state index in [1.165, 1.54) is 0 Å². The molecule has 5 rings (SSSR count). The molecular formula is C33H28N2O3. The summed E-state index contributed by atoms with van der Waals surface area (Å²) in [6.07, 6.45) is 2.66. The van der Waals surface area contributed by atoms with Crippen LogP contribution < -0.4 is 14.8 Å². The summed E-state index contributed by atoms with van der Waals surface area (Å²) in [5.74, 6) is 1.38. The van der Waals surface area contributed by atoms with Gasteiger partial charge in [0.2, 0.25) is 0 Å². The number of nitrogens with zero attached hydrogens (tertiary/aromatic N) is 1. The Morgan fingerprint density at radius 3 is 2.21 bits per heavy atom. The topological polar surface area (TPSA) is 67.4 Å². The van der Waals surface area contributed by atoms with E-state index in [9.17, 15) is 5.26 Å². The molecule has 188 valence electrons. The molecule has 0 saturated heterocycles. The maximum absolute atomic E-state index is 10.3. The van der Waals surface area contributed by atoms with E-state index in [0.29, 0.717) is 35.5 Å². The van der Waals surface area contributed by atoms with Gasteiger partial charge in [0, 0.05) is 23.9 Å². The van der Waals surface area contributed by atoms with Gasteiger partial charge in [-0.2, -0.15) is 5.26 Å². The zero-order chi connectivity index (χ0) is 26.3. The highest BCUT2D eigenvalue weighted by molar-refractivity contribution is 5.86. The van der Waals surface area contributed by atoms with Crippen molar-refractivity contribution < 1.29 is 13.9 Å². The van der Waals surface area contributed by atoms with Crippen molar-refractivity contribution in [2.24, 2.45) is 0 Å². The van der Waals surface area contributed by atoms with Crippen LogP contribution in [0.3, 0.4) is 0 Å². The number of ether oxygens (including phenoxy) is 2. The first-order valence-electron chi connectivity index (χ1n) is 12.4. The van der Waals surface area contributed by atoms with Crippen LogP contribution in [-0.4, -0.2) is 14.2 Å². The van der Waals surface area contributed by atoms with Crippen LogP contribution in [0.15, 0.2) is 119 Å². The van der Waals surface area contributed by atoms with Gasteiger partial charge in [0.05, 0.1) is 37.8 Å². The highest BCUT2D eigenvalue weighted by atomic mass is 16.5. The van der Waals surface area contributed by atoms with Gasteiger partial charge in [0.1, 0.15) is 5.75 Å². The normalized spacial score (nSPS) is 11.5. The van der Waals surface area contributed by atoms with Crippen LogP contribution in [0.25, 0.3) is 22.1 Å². The number of fused-ring (bicyclic) bond motifs is 1. The lowest BCUT2D eigenvalue weighted by Gasteiger charge is -2.17. The molecular weight excluding hydrogens is 472 g/mol. The molecule has 0 aliphatic heterocycles. The van der Waals surface area contributed by atoms with E-state index in [1.807, 2.05) is 60.7 Å². The predicted octanol–water partition coefficient (Wildman–Crippen LogP) is 7.79. The van der Waals surface area contributed by atoms with Crippen LogP contribution in [-0.2, 0) is 12.8 Å². The first-order valence-corrected chi connectivity index (χ1v) is 12.4.